The van der Waals surface area contributed by atoms with Gasteiger partial charge in [-0.05, 0) is 110 Å². The van der Waals surface area contributed by atoms with Crippen LogP contribution < -0.4 is 14.4 Å². The lowest BCUT2D eigenvalue weighted by Gasteiger charge is -2.45. The lowest BCUT2D eigenvalue weighted by molar-refractivity contribution is -0.178. The van der Waals surface area contributed by atoms with Gasteiger partial charge in [-0.25, -0.2) is 13.6 Å². The zero-order valence-corrected chi connectivity index (χ0v) is 28.8. The quantitative estimate of drug-likeness (QED) is 0.124. The third kappa shape index (κ3) is 7.90. The minimum Gasteiger partial charge on any atom is -0.493 e. The number of hydrogen-bond acceptors (Lipinski definition) is 9. The number of nitrogens with zero attached hydrogens (tertiary/aromatic N) is 3. The van der Waals surface area contributed by atoms with Gasteiger partial charge in [-0.15, -0.1) is 0 Å². The number of carbonyl (C=O) groups excluding carboxylic acids is 1. The highest BCUT2D eigenvalue weighted by Gasteiger charge is 2.37. The Morgan fingerprint density at radius 3 is 2.28 bits per heavy atom. The fraction of sp³-hybridized carbons (Fsp3) is 0.385. The summed E-state index contributed by atoms with van der Waals surface area (Å²) in [5.41, 5.74) is 4.71. The van der Waals surface area contributed by atoms with Crippen molar-refractivity contribution in [2.75, 3.05) is 38.8 Å². The zero-order chi connectivity index (χ0) is 35.4. The van der Waals surface area contributed by atoms with Crippen LogP contribution >= 0.6 is 0 Å². The highest BCUT2D eigenvalue weighted by Crippen LogP contribution is 2.35. The van der Waals surface area contributed by atoms with Gasteiger partial charge in [0.05, 0.1) is 31.6 Å². The van der Waals surface area contributed by atoms with E-state index in [1.807, 2.05) is 19.9 Å². The highest BCUT2D eigenvalue weighted by atomic mass is 19.1. The van der Waals surface area contributed by atoms with Crippen LogP contribution in [0.1, 0.15) is 57.1 Å². The van der Waals surface area contributed by atoms with E-state index in [9.17, 15) is 14.3 Å². The normalized spacial score (nSPS) is 19.5. The minimum absolute atomic E-state index is 0.00289. The molecule has 3 fully saturated rings. The van der Waals surface area contributed by atoms with Crippen molar-refractivity contribution < 1.29 is 37.6 Å². The molecule has 3 atom stereocenters. The molecule has 9 nitrogen and oxygen atoms in total. The Labute approximate surface area is 291 Å². The lowest BCUT2D eigenvalue weighted by atomic mass is 9.86. The SMILES string of the molecule is COc1ccc([C@H](Cc2c(C)cncc2C)OC(=O)c2ccc(CN(c3ccc(F)cc3F)C(O)O[C@H]3CN4CCC3CC4)cc2)cc1OC. The molecule has 3 aromatic carbocycles. The summed E-state index contributed by atoms with van der Waals surface area (Å²) in [5, 5.41) is 11.3. The average Bonchev–Trinajstić information content (AvgIpc) is 3.12. The van der Waals surface area contributed by atoms with Crippen LogP contribution in [-0.4, -0.2) is 67.3 Å². The molecule has 3 saturated heterocycles. The highest BCUT2D eigenvalue weighted by molar-refractivity contribution is 5.89. The van der Waals surface area contributed by atoms with E-state index in [2.05, 4.69) is 9.88 Å². The first kappa shape index (κ1) is 35.3. The largest absolute Gasteiger partial charge is 0.493 e. The van der Waals surface area contributed by atoms with E-state index >= 15 is 4.39 Å². The molecule has 0 amide bonds. The van der Waals surface area contributed by atoms with Crippen molar-refractivity contribution in [3.63, 3.8) is 0 Å². The number of aliphatic hydroxyl groups excluding tert-OH is 1. The number of benzene rings is 3. The number of rotatable bonds is 13. The molecular formula is C39H43F2N3O6. The maximum absolute atomic E-state index is 15.1. The van der Waals surface area contributed by atoms with Gasteiger partial charge in [0.2, 0.25) is 6.41 Å². The fourth-order valence-electron chi connectivity index (χ4n) is 6.95. The maximum Gasteiger partial charge on any atom is 0.338 e. The first-order chi connectivity index (χ1) is 24.1. The van der Waals surface area contributed by atoms with E-state index in [0.29, 0.717) is 41.5 Å². The molecule has 3 aliphatic rings. The minimum atomic E-state index is -1.48. The number of hydrogen-bond donors (Lipinski definition) is 1. The summed E-state index contributed by atoms with van der Waals surface area (Å²) in [6.07, 6.45) is 3.61. The van der Waals surface area contributed by atoms with E-state index in [1.54, 1.807) is 63.0 Å². The van der Waals surface area contributed by atoms with Gasteiger partial charge in [0.15, 0.2) is 11.5 Å². The Bertz CT molecular complexity index is 1780. The second kappa shape index (κ2) is 15.5. The summed E-state index contributed by atoms with van der Waals surface area (Å²) in [6, 6.07) is 15.3. The van der Waals surface area contributed by atoms with Crippen molar-refractivity contribution in [2.45, 2.75) is 58.3 Å². The first-order valence-electron chi connectivity index (χ1n) is 16.8. The smallest absolute Gasteiger partial charge is 0.338 e. The number of aliphatic hydroxyl groups is 1. The lowest BCUT2D eigenvalue weighted by Crippen LogP contribution is -2.54. The summed E-state index contributed by atoms with van der Waals surface area (Å²) in [7, 11) is 3.11. The van der Waals surface area contributed by atoms with Gasteiger partial charge in [-0.2, -0.15) is 0 Å². The second-order valence-corrected chi connectivity index (χ2v) is 13.0. The van der Waals surface area contributed by atoms with Gasteiger partial charge >= 0.3 is 5.97 Å². The molecule has 11 heteroatoms. The molecule has 1 N–H and O–H groups in total. The number of piperidine rings is 3. The topological polar surface area (TPSA) is 93.6 Å². The standard InChI is InChI=1S/C39H43F2N3O6/c1-24-20-42-21-25(2)31(24)19-35(29-9-12-34(47-3)36(17-29)48-4)49-38(45)28-7-5-26(6-8-28)22-44(33-11-10-30(40)18-32(33)41)39(46)50-37-23-43-15-13-27(37)14-16-43/h5-12,17-18,20-21,27,35,37,39,46H,13-16,19,22-23H2,1-4H3/t35-,37-,39?/m0/s1. The number of aryl methyl sites for hydroxylation is 2. The van der Waals surface area contributed by atoms with Gasteiger partial charge in [-0.1, -0.05) is 18.2 Å². The number of carbonyl (C=O) groups is 1. The molecule has 4 aromatic rings. The summed E-state index contributed by atoms with van der Waals surface area (Å²) < 4.78 is 52.2. The molecule has 2 bridgehead atoms. The van der Waals surface area contributed by atoms with Crippen LogP contribution in [-0.2, 0) is 22.4 Å². The van der Waals surface area contributed by atoms with Crippen molar-refractivity contribution in [1.82, 2.24) is 9.88 Å². The molecular weight excluding hydrogens is 644 g/mol. The Hall–Kier alpha value is -4.58. The molecule has 0 radical (unpaired) electrons. The molecule has 264 valence electrons. The van der Waals surface area contributed by atoms with Crippen LogP contribution in [0.15, 0.2) is 73.1 Å². The van der Waals surface area contributed by atoms with Crippen LogP contribution in [0.4, 0.5) is 14.5 Å². The Morgan fingerprint density at radius 2 is 1.66 bits per heavy atom. The number of ether oxygens (including phenoxy) is 4. The van der Waals surface area contributed by atoms with Crippen LogP contribution in [0.25, 0.3) is 0 Å². The second-order valence-electron chi connectivity index (χ2n) is 13.0. The first-order valence-corrected chi connectivity index (χ1v) is 16.8. The van der Waals surface area contributed by atoms with Gasteiger partial charge in [0, 0.05) is 38.0 Å². The molecule has 1 unspecified atom stereocenters. The molecule has 0 saturated carbocycles. The number of anilines is 1. The molecule has 0 aliphatic carbocycles. The predicted molar refractivity (Wildman–Crippen MR) is 184 cm³/mol. The monoisotopic (exact) mass is 687 g/mol. The maximum atomic E-state index is 15.1. The van der Waals surface area contributed by atoms with Gasteiger partial charge in [0.25, 0.3) is 0 Å². The number of esters is 1. The van der Waals surface area contributed by atoms with E-state index < -0.39 is 30.1 Å². The number of halogens is 2. The number of aromatic nitrogens is 1. The van der Waals surface area contributed by atoms with Crippen molar-refractivity contribution in [3.8, 4) is 11.5 Å². The van der Waals surface area contributed by atoms with E-state index in [4.69, 9.17) is 18.9 Å². The number of fused-ring (bicyclic) bond motifs is 3. The average molecular weight is 688 g/mol. The molecule has 0 spiro atoms. The van der Waals surface area contributed by atoms with E-state index in [-0.39, 0.29) is 18.3 Å². The van der Waals surface area contributed by atoms with E-state index in [0.717, 1.165) is 60.3 Å². The fourth-order valence-corrected chi connectivity index (χ4v) is 6.95. The van der Waals surface area contributed by atoms with Crippen molar-refractivity contribution in [2.24, 2.45) is 5.92 Å². The Balaban J connectivity index is 1.22. The van der Waals surface area contributed by atoms with Gasteiger partial charge in [0.1, 0.15) is 17.7 Å². The van der Waals surface area contributed by atoms with Crippen molar-refractivity contribution in [1.29, 1.82) is 0 Å². The summed E-state index contributed by atoms with van der Waals surface area (Å²) in [6.45, 7) is 6.69. The molecule has 4 heterocycles. The van der Waals surface area contributed by atoms with Gasteiger partial charge in [-0.3, -0.25) is 4.98 Å². The third-order valence-corrected chi connectivity index (χ3v) is 9.83. The number of pyridine rings is 1. The molecule has 50 heavy (non-hydrogen) atoms. The summed E-state index contributed by atoms with van der Waals surface area (Å²) in [5.74, 6) is -0.686. The van der Waals surface area contributed by atoms with Gasteiger partial charge < -0.3 is 33.9 Å². The Morgan fingerprint density at radius 1 is 0.960 bits per heavy atom. The van der Waals surface area contributed by atoms with Crippen LogP contribution in [0.3, 0.4) is 0 Å². The third-order valence-electron chi connectivity index (χ3n) is 9.83. The molecule has 7 rings (SSSR count). The van der Waals surface area contributed by atoms with Crippen molar-refractivity contribution >= 4 is 11.7 Å². The molecule has 1 aromatic heterocycles. The number of methoxy groups -OCH3 is 2. The zero-order valence-electron chi connectivity index (χ0n) is 28.8. The summed E-state index contributed by atoms with van der Waals surface area (Å²) in [4.78, 5) is 21.6. The van der Waals surface area contributed by atoms with Crippen molar-refractivity contribution in [3.05, 3.63) is 118 Å². The molecule has 3 aliphatic heterocycles. The predicted octanol–water partition coefficient (Wildman–Crippen LogP) is 6.53. The van der Waals surface area contributed by atoms with Crippen LogP contribution in [0.2, 0.25) is 0 Å². The van der Waals surface area contributed by atoms with Crippen LogP contribution in [0, 0.1) is 31.4 Å². The Kier molecular flexibility index (Phi) is 11.0. The van der Waals surface area contributed by atoms with Crippen LogP contribution in [0.5, 0.6) is 11.5 Å². The van der Waals surface area contributed by atoms with E-state index in [1.165, 1.54) is 11.0 Å². The summed E-state index contributed by atoms with van der Waals surface area (Å²) >= 11 is 0.